The fourth-order valence-corrected chi connectivity index (χ4v) is 5.93. The molecule has 186 valence electrons. The van der Waals surface area contributed by atoms with Crippen LogP contribution in [-0.4, -0.2) is 44.0 Å². The van der Waals surface area contributed by atoms with Gasteiger partial charge in [0.25, 0.3) is 0 Å². The fourth-order valence-electron chi connectivity index (χ4n) is 4.76. The van der Waals surface area contributed by atoms with Gasteiger partial charge >= 0.3 is 10.1 Å². The number of aliphatic imine (C=N–C) groups is 2. The number of halogens is 1. The standard InChI is InChI=1S/C27H27ClN4O3S/c1-2-16-36(33,34)35-24-12-10-21(11-13-24)27(25-30-14-5-15-32(25)26(29)31-27)22-8-3-6-19(17-22)20-7-4-9-23(28)18-20/h3-4,6-13,17-18H,2,5,14-16H2,1H3,(H2,29,31). The molecule has 0 aliphatic carbocycles. The van der Waals surface area contributed by atoms with Crippen LogP contribution in [0.15, 0.2) is 82.8 Å². The van der Waals surface area contributed by atoms with Gasteiger partial charge in [-0.05, 0) is 65.4 Å². The molecule has 3 aromatic rings. The monoisotopic (exact) mass is 522 g/mol. The van der Waals surface area contributed by atoms with E-state index in [1.165, 1.54) is 0 Å². The molecule has 0 bridgehead atoms. The Kier molecular flexibility index (Phi) is 6.49. The summed E-state index contributed by atoms with van der Waals surface area (Å²) in [5.41, 5.74) is 9.15. The van der Waals surface area contributed by atoms with Crippen LogP contribution in [0.5, 0.6) is 5.75 Å². The van der Waals surface area contributed by atoms with Gasteiger partial charge in [-0.1, -0.05) is 61.0 Å². The predicted octanol–water partition coefficient (Wildman–Crippen LogP) is 4.80. The van der Waals surface area contributed by atoms with Crippen molar-refractivity contribution >= 4 is 33.5 Å². The minimum atomic E-state index is -3.64. The normalized spacial score (nSPS) is 19.4. The topological polar surface area (TPSA) is 97.3 Å². The van der Waals surface area contributed by atoms with Gasteiger partial charge in [0.2, 0.25) is 0 Å². The highest BCUT2D eigenvalue weighted by atomic mass is 35.5. The lowest BCUT2D eigenvalue weighted by molar-refractivity contribution is 0.484. The van der Waals surface area contributed by atoms with Gasteiger partial charge in [0, 0.05) is 18.1 Å². The van der Waals surface area contributed by atoms with Gasteiger partial charge in [-0.3, -0.25) is 9.89 Å². The first-order valence-corrected chi connectivity index (χ1v) is 13.8. The molecule has 0 amide bonds. The highest BCUT2D eigenvalue weighted by Gasteiger charge is 2.49. The predicted molar refractivity (Wildman–Crippen MR) is 144 cm³/mol. The molecule has 3 aromatic carbocycles. The summed E-state index contributed by atoms with van der Waals surface area (Å²) in [5, 5.41) is 0.659. The van der Waals surface area contributed by atoms with Crippen molar-refractivity contribution in [3.05, 3.63) is 88.9 Å². The Morgan fingerprint density at radius 3 is 2.47 bits per heavy atom. The first-order valence-electron chi connectivity index (χ1n) is 11.9. The van der Waals surface area contributed by atoms with Gasteiger partial charge in [0.1, 0.15) is 11.6 Å². The molecule has 0 saturated heterocycles. The highest BCUT2D eigenvalue weighted by Crippen LogP contribution is 2.43. The van der Waals surface area contributed by atoms with E-state index in [-0.39, 0.29) is 11.5 Å². The van der Waals surface area contributed by atoms with Crippen molar-refractivity contribution in [1.29, 1.82) is 0 Å². The van der Waals surface area contributed by atoms with Gasteiger partial charge in [0.05, 0.1) is 5.75 Å². The average Bonchev–Trinajstić information content (AvgIpc) is 3.18. The zero-order chi connectivity index (χ0) is 25.3. The molecular formula is C27H27ClN4O3S. The zero-order valence-electron chi connectivity index (χ0n) is 19.9. The zero-order valence-corrected chi connectivity index (χ0v) is 21.5. The molecule has 0 radical (unpaired) electrons. The van der Waals surface area contributed by atoms with E-state index in [9.17, 15) is 8.42 Å². The first-order chi connectivity index (χ1) is 17.3. The maximum atomic E-state index is 12.2. The lowest BCUT2D eigenvalue weighted by Gasteiger charge is -2.33. The number of guanidine groups is 1. The van der Waals surface area contributed by atoms with Gasteiger partial charge in [-0.15, -0.1) is 0 Å². The molecule has 9 heteroatoms. The quantitative estimate of drug-likeness (QED) is 0.449. The summed E-state index contributed by atoms with van der Waals surface area (Å²) in [6, 6.07) is 22.8. The van der Waals surface area contributed by atoms with Crippen molar-refractivity contribution in [2.24, 2.45) is 15.7 Å². The number of nitrogens with zero attached hydrogens (tertiary/aromatic N) is 3. The summed E-state index contributed by atoms with van der Waals surface area (Å²) >= 11 is 6.26. The smallest absolute Gasteiger partial charge is 0.309 e. The summed E-state index contributed by atoms with van der Waals surface area (Å²) in [5.74, 6) is 1.39. The number of hydrogen-bond donors (Lipinski definition) is 1. The van der Waals surface area contributed by atoms with E-state index in [4.69, 9.17) is 31.5 Å². The molecule has 2 N–H and O–H groups in total. The third-order valence-corrected chi connectivity index (χ3v) is 7.92. The third-order valence-electron chi connectivity index (χ3n) is 6.33. The SMILES string of the molecule is CCCS(=O)(=O)Oc1ccc(C2(c3cccc(-c4cccc(Cl)c4)c3)N=C(N)N3CCCN=C32)cc1. The van der Waals surface area contributed by atoms with Crippen LogP contribution in [-0.2, 0) is 15.7 Å². The summed E-state index contributed by atoms with van der Waals surface area (Å²) < 4.78 is 29.6. The van der Waals surface area contributed by atoms with Gasteiger partial charge < -0.3 is 9.92 Å². The van der Waals surface area contributed by atoms with Crippen molar-refractivity contribution in [2.45, 2.75) is 25.3 Å². The number of hydrogen-bond acceptors (Lipinski definition) is 7. The van der Waals surface area contributed by atoms with Crippen LogP contribution in [0.1, 0.15) is 30.9 Å². The Morgan fingerprint density at radius 1 is 1.03 bits per heavy atom. The third kappa shape index (κ3) is 4.47. The van der Waals surface area contributed by atoms with E-state index in [1.807, 2.05) is 59.5 Å². The van der Waals surface area contributed by atoms with Crippen molar-refractivity contribution in [3.8, 4) is 16.9 Å². The van der Waals surface area contributed by atoms with Crippen LogP contribution < -0.4 is 9.92 Å². The van der Waals surface area contributed by atoms with E-state index in [2.05, 4.69) is 6.07 Å². The molecule has 0 spiro atoms. The summed E-state index contributed by atoms with van der Waals surface area (Å²) in [7, 11) is -3.64. The van der Waals surface area contributed by atoms with E-state index in [0.29, 0.717) is 23.9 Å². The Morgan fingerprint density at radius 2 is 1.75 bits per heavy atom. The number of fused-ring (bicyclic) bond motifs is 1. The minimum absolute atomic E-state index is 0.0401. The molecule has 36 heavy (non-hydrogen) atoms. The largest absolute Gasteiger partial charge is 0.382 e. The van der Waals surface area contributed by atoms with Crippen molar-refractivity contribution in [3.63, 3.8) is 0 Å². The van der Waals surface area contributed by atoms with Gasteiger partial charge in [-0.2, -0.15) is 8.42 Å². The fraction of sp³-hybridized carbons (Fsp3) is 0.259. The van der Waals surface area contributed by atoms with E-state index in [0.717, 1.165) is 41.1 Å². The molecule has 0 saturated carbocycles. The summed E-state index contributed by atoms with van der Waals surface area (Å²) in [6.45, 7) is 3.21. The van der Waals surface area contributed by atoms with Crippen LogP contribution in [0.2, 0.25) is 5.02 Å². The molecule has 2 heterocycles. The molecule has 2 aliphatic heterocycles. The van der Waals surface area contributed by atoms with E-state index < -0.39 is 15.7 Å². The second kappa shape index (κ2) is 9.59. The second-order valence-corrected chi connectivity index (χ2v) is 11.0. The number of amidine groups is 1. The molecule has 1 atom stereocenters. The highest BCUT2D eigenvalue weighted by molar-refractivity contribution is 7.87. The summed E-state index contributed by atoms with van der Waals surface area (Å²) in [6.07, 6.45) is 1.37. The lowest BCUT2D eigenvalue weighted by atomic mass is 9.81. The molecule has 0 aromatic heterocycles. The molecular weight excluding hydrogens is 496 g/mol. The number of benzene rings is 3. The first kappa shape index (κ1) is 24.3. The van der Waals surface area contributed by atoms with Gasteiger partial charge in [0.15, 0.2) is 11.5 Å². The van der Waals surface area contributed by atoms with Crippen LogP contribution in [0.25, 0.3) is 11.1 Å². The maximum Gasteiger partial charge on any atom is 0.309 e. The van der Waals surface area contributed by atoms with Crippen LogP contribution in [0, 0.1) is 0 Å². The Labute approximate surface area is 216 Å². The Balaban J connectivity index is 1.63. The van der Waals surface area contributed by atoms with E-state index >= 15 is 0 Å². The number of nitrogens with two attached hydrogens (primary N) is 1. The average molecular weight is 523 g/mol. The lowest BCUT2D eigenvalue weighted by Crippen LogP contribution is -2.46. The molecule has 2 aliphatic rings. The van der Waals surface area contributed by atoms with E-state index in [1.54, 1.807) is 19.1 Å². The van der Waals surface area contributed by atoms with Crippen molar-refractivity contribution < 1.29 is 12.6 Å². The minimum Gasteiger partial charge on any atom is -0.382 e. The second-order valence-electron chi connectivity index (χ2n) is 8.85. The maximum absolute atomic E-state index is 12.2. The molecule has 0 fully saturated rings. The van der Waals surface area contributed by atoms with Crippen LogP contribution >= 0.6 is 11.6 Å². The Hall–Kier alpha value is -3.36. The van der Waals surface area contributed by atoms with Crippen molar-refractivity contribution in [1.82, 2.24) is 4.90 Å². The molecule has 5 rings (SSSR count). The Bertz CT molecular complexity index is 1450. The molecule has 7 nitrogen and oxygen atoms in total. The number of rotatable bonds is 7. The van der Waals surface area contributed by atoms with Crippen LogP contribution in [0.3, 0.4) is 0 Å². The van der Waals surface area contributed by atoms with Crippen molar-refractivity contribution in [2.75, 3.05) is 18.8 Å². The van der Waals surface area contributed by atoms with Crippen LogP contribution in [0.4, 0.5) is 0 Å². The van der Waals surface area contributed by atoms with Gasteiger partial charge in [-0.25, -0.2) is 4.99 Å². The summed E-state index contributed by atoms with van der Waals surface area (Å²) in [4.78, 5) is 11.8. The molecule has 1 unspecified atom stereocenters.